The molecule has 8 heteroatoms. The van der Waals surface area contributed by atoms with Gasteiger partial charge in [0.15, 0.2) is 0 Å². The van der Waals surface area contributed by atoms with E-state index in [0.29, 0.717) is 11.2 Å². The van der Waals surface area contributed by atoms with Gasteiger partial charge in [0.05, 0.1) is 15.1 Å². The molecule has 0 fully saturated rings. The van der Waals surface area contributed by atoms with E-state index in [1.165, 1.54) is 11.3 Å². The molecule has 0 radical (unpaired) electrons. The number of nitrogens with zero attached hydrogens (tertiary/aromatic N) is 1. The van der Waals surface area contributed by atoms with Crippen LogP contribution in [-0.4, -0.2) is 13.0 Å². The Bertz CT molecular complexity index is 969. The van der Waals surface area contributed by atoms with Gasteiger partial charge in [-0.1, -0.05) is 24.3 Å². The van der Waals surface area contributed by atoms with Crippen molar-refractivity contribution in [2.75, 3.05) is 0 Å². The maximum Gasteiger partial charge on any atom is 0.308 e. The zero-order valence-electron chi connectivity index (χ0n) is 12.5. The van der Waals surface area contributed by atoms with Gasteiger partial charge in [0, 0.05) is 18.0 Å². The third kappa shape index (κ3) is 3.40. The van der Waals surface area contributed by atoms with Crippen molar-refractivity contribution < 1.29 is 8.42 Å². The van der Waals surface area contributed by atoms with Crippen molar-refractivity contribution in [2.45, 2.75) is 31.3 Å². The summed E-state index contributed by atoms with van der Waals surface area (Å²) in [6.45, 7) is 2.91. The zero-order valence-corrected chi connectivity index (χ0v) is 14.9. The van der Waals surface area contributed by atoms with Crippen molar-refractivity contribution in [3.05, 3.63) is 50.3 Å². The largest absolute Gasteiger partial charge is 0.308 e. The quantitative estimate of drug-likeness (QED) is 0.727. The summed E-state index contributed by atoms with van der Waals surface area (Å²) in [5.41, 5.74) is 0.791. The fourth-order valence-electron chi connectivity index (χ4n) is 2.31. The van der Waals surface area contributed by atoms with Crippen LogP contribution in [0.25, 0.3) is 10.2 Å². The predicted octanol–water partition coefficient (Wildman–Crippen LogP) is 3.01. The fourth-order valence-corrected chi connectivity index (χ4v) is 5.11. The van der Waals surface area contributed by atoms with E-state index in [1.54, 1.807) is 22.8 Å². The Labute approximate surface area is 142 Å². The number of benzene rings is 1. The molecule has 5 nitrogen and oxygen atoms in total. The Morgan fingerprint density at radius 3 is 2.78 bits per heavy atom. The van der Waals surface area contributed by atoms with Crippen LogP contribution in [0, 0.1) is 0 Å². The summed E-state index contributed by atoms with van der Waals surface area (Å²) in [5.74, 6) is 0. The first kappa shape index (κ1) is 16.4. The SMILES string of the molecule is CCCn1c(=O)sc2cc(S(=O)(=O)NCc3cccs3)ccc21. The van der Waals surface area contributed by atoms with Crippen LogP contribution in [0.1, 0.15) is 18.2 Å². The molecule has 3 rings (SSSR count). The number of aryl methyl sites for hydroxylation is 1. The number of thiazole rings is 1. The highest BCUT2D eigenvalue weighted by molar-refractivity contribution is 7.89. The van der Waals surface area contributed by atoms with Crippen molar-refractivity contribution in [3.8, 4) is 0 Å². The van der Waals surface area contributed by atoms with E-state index in [1.807, 2.05) is 24.4 Å². The van der Waals surface area contributed by atoms with Gasteiger partial charge in [-0.05, 0) is 36.1 Å². The number of hydrogen-bond donors (Lipinski definition) is 1. The van der Waals surface area contributed by atoms with Crippen molar-refractivity contribution in [3.63, 3.8) is 0 Å². The van der Waals surface area contributed by atoms with E-state index in [9.17, 15) is 13.2 Å². The minimum absolute atomic E-state index is 0.0528. The Kier molecular flexibility index (Phi) is 4.67. The van der Waals surface area contributed by atoms with E-state index in [-0.39, 0.29) is 16.3 Å². The molecule has 0 atom stereocenters. The molecule has 2 aromatic heterocycles. The fraction of sp³-hybridized carbons (Fsp3) is 0.267. The van der Waals surface area contributed by atoms with E-state index in [4.69, 9.17) is 0 Å². The highest BCUT2D eigenvalue weighted by Gasteiger charge is 2.16. The minimum Gasteiger partial charge on any atom is -0.299 e. The molecule has 0 aliphatic rings. The summed E-state index contributed by atoms with van der Waals surface area (Å²) in [6, 6.07) is 8.60. The summed E-state index contributed by atoms with van der Waals surface area (Å²) < 4.78 is 29.8. The Hall–Kier alpha value is -1.48. The van der Waals surface area contributed by atoms with Crippen LogP contribution in [0.15, 0.2) is 45.4 Å². The first-order valence-electron chi connectivity index (χ1n) is 7.16. The monoisotopic (exact) mass is 368 g/mol. The van der Waals surface area contributed by atoms with Crippen molar-refractivity contribution in [2.24, 2.45) is 0 Å². The average molecular weight is 369 g/mol. The van der Waals surface area contributed by atoms with Gasteiger partial charge < -0.3 is 0 Å². The Morgan fingerprint density at radius 2 is 2.09 bits per heavy atom. The zero-order chi connectivity index (χ0) is 16.4. The summed E-state index contributed by atoms with van der Waals surface area (Å²) >= 11 is 2.58. The van der Waals surface area contributed by atoms with Gasteiger partial charge in [0.2, 0.25) is 10.0 Å². The van der Waals surface area contributed by atoms with Crippen molar-refractivity contribution in [1.29, 1.82) is 0 Å². The van der Waals surface area contributed by atoms with Gasteiger partial charge in [0.25, 0.3) is 0 Å². The molecular weight excluding hydrogens is 352 g/mol. The molecule has 0 spiro atoms. The van der Waals surface area contributed by atoms with Crippen LogP contribution >= 0.6 is 22.7 Å². The predicted molar refractivity (Wildman–Crippen MR) is 94.7 cm³/mol. The van der Waals surface area contributed by atoms with Gasteiger partial charge >= 0.3 is 4.87 Å². The van der Waals surface area contributed by atoms with E-state index >= 15 is 0 Å². The normalized spacial score (nSPS) is 12.0. The summed E-state index contributed by atoms with van der Waals surface area (Å²) in [7, 11) is -3.59. The number of nitrogens with one attached hydrogen (secondary N) is 1. The van der Waals surface area contributed by atoms with E-state index in [2.05, 4.69) is 4.72 Å². The molecule has 0 saturated carbocycles. The maximum absolute atomic E-state index is 12.4. The molecule has 122 valence electrons. The average Bonchev–Trinajstić information content (AvgIpc) is 3.14. The number of sulfonamides is 1. The van der Waals surface area contributed by atoms with Crippen molar-refractivity contribution in [1.82, 2.24) is 9.29 Å². The number of aromatic nitrogens is 1. The molecule has 0 bridgehead atoms. The molecule has 1 aromatic carbocycles. The molecule has 0 aliphatic heterocycles. The second kappa shape index (κ2) is 6.56. The van der Waals surface area contributed by atoms with Gasteiger partial charge in [-0.2, -0.15) is 0 Å². The molecule has 1 N–H and O–H groups in total. The van der Waals surface area contributed by atoms with Crippen LogP contribution in [0.3, 0.4) is 0 Å². The molecule has 0 amide bonds. The highest BCUT2D eigenvalue weighted by Crippen LogP contribution is 2.22. The Morgan fingerprint density at radius 1 is 1.26 bits per heavy atom. The lowest BCUT2D eigenvalue weighted by atomic mass is 10.3. The van der Waals surface area contributed by atoms with Crippen LogP contribution < -0.4 is 9.60 Å². The third-order valence-corrected chi connectivity index (χ3v) is 6.63. The van der Waals surface area contributed by atoms with Gasteiger partial charge in [-0.25, -0.2) is 13.1 Å². The lowest BCUT2D eigenvalue weighted by molar-refractivity contribution is 0.582. The van der Waals surface area contributed by atoms with Gasteiger partial charge in [-0.15, -0.1) is 11.3 Å². The summed E-state index contributed by atoms with van der Waals surface area (Å²) in [4.78, 5) is 13.1. The van der Waals surface area contributed by atoms with Crippen LogP contribution in [0.2, 0.25) is 0 Å². The topological polar surface area (TPSA) is 68.2 Å². The summed E-state index contributed by atoms with van der Waals surface area (Å²) in [5, 5.41) is 1.91. The first-order valence-corrected chi connectivity index (χ1v) is 10.3. The molecule has 0 unspecified atom stereocenters. The summed E-state index contributed by atoms with van der Waals surface area (Å²) in [6.07, 6.45) is 0.855. The van der Waals surface area contributed by atoms with E-state index in [0.717, 1.165) is 28.2 Å². The van der Waals surface area contributed by atoms with Crippen LogP contribution in [-0.2, 0) is 23.1 Å². The second-order valence-electron chi connectivity index (χ2n) is 5.05. The lowest BCUT2D eigenvalue weighted by Crippen LogP contribution is -2.22. The molecule has 3 aromatic rings. The minimum atomic E-state index is -3.59. The highest BCUT2D eigenvalue weighted by atomic mass is 32.2. The number of rotatable bonds is 6. The Balaban J connectivity index is 1.91. The third-order valence-electron chi connectivity index (χ3n) is 3.41. The molecule has 2 heterocycles. The van der Waals surface area contributed by atoms with Crippen LogP contribution in [0.5, 0.6) is 0 Å². The molecule has 0 saturated heterocycles. The standard InChI is InChI=1S/C15H16N2O3S3/c1-2-7-17-13-6-5-12(9-14(13)22-15(17)18)23(19,20)16-10-11-4-3-8-21-11/h3-6,8-9,16H,2,7,10H2,1H3. The first-order chi connectivity index (χ1) is 11.0. The lowest BCUT2D eigenvalue weighted by Gasteiger charge is -2.06. The van der Waals surface area contributed by atoms with Gasteiger partial charge in [0.1, 0.15) is 0 Å². The number of thiophene rings is 1. The van der Waals surface area contributed by atoms with Gasteiger partial charge in [-0.3, -0.25) is 9.36 Å². The molecular formula is C15H16N2O3S3. The van der Waals surface area contributed by atoms with Crippen molar-refractivity contribution >= 4 is 42.9 Å². The number of fused-ring (bicyclic) bond motifs is 1. The second-order valence-corrected chi connectivity index (χ2v) is 8.85. The number of hydrogen-bond acceptors (Lipinski definition) is 5. The van der Waals surface area contributed by atoms with E-state index < -0.39 is 10.0 Å². The smallest absolute Gasteiger partial charge is 0.299 e. The molecule has 0 aliphatic carbocycles. The van der Waals surface area contributed by atoms with Crippen LogP contribution in [0.4, 0.5) is 0 Å². The molecule has 23 heavy (non-hydrogen) atoms. The maximum atomic E-state index is 12.4.